The van der Waals surface area contributed by atoms with Crippen LogP contribution >= 0.6 is 0 Å². The molecule has 1 amide bonds. The fraction of sp³-hybridized carbons (Fsp3) is 0.458. The molecule has 158 valence electrons. The highest BCUT2D eigenvalue weighted by molar-refractivity contribution is 5.93. The summed E-state index contributed by atoms with van der Waals surface area (Å²) in [6, 6.07) is 15.1. The number of benzene rings is 2. The maximum atomic E-state index is 12.2. The van der Waals surface area contributed by atoms with Crippen LogP contribution < -0.4 is 20.1 Å². The van der Waals surface area contributed by atoms with Gasteiger partial charge in [0.05, 0.1) is 19.3 Å². The van der Waals surface area contributed by atoms with Crippen molar-refractivity contribution >= 4 is 17.3 Å². The van der Waals surface area contributed by atoms with Crippen LogP contribution in [-0.2, 0) is 4.79 Å². The number of ether oxygens (including phenoxy) is 2. The summed E-state index contributed by atoms with van der Waals surface area (Å²) in [4.78, 5) is 12.2. The van der Waals surface area contributed by atoms with E-state index in [0.29, 0.717) is 0 Å². The first-order chi connectivity index (χ1) is 14.1. The highest BCUT2D eigenvalue weighted by Crippen LogP contribution is 2.18. The van der Waals surface area contributed by atoms with Crippen LogP contribution in [0.3, 0.4) is 0 Å². The van der Waals surface area contributed by atoms with Gasteiger partial charge < -0.3 is 20.1 Å². The summed E-state index contributed by atoms with van der Waals surface area (Å²) >= 11 is 0. The van der Waals surface area contributed by atoms with Gasteiger partial charge in [0.25, 0.3) is 0 Å². The molecule has 5 nitrogen and oxygen atoms in total. The van der Waals surface area contributed by atoms with Crippen molar-refractivity contribution in [1.82, 2.24) is 0 Å². The molecule has 0 heterocycles. The van der Waals surface area contributed by atoms with Gasteiger partial charge in [0, 0.05) is 11.4 Å². The molecule has 0 aliphatic carbocycles. The molecular formula is C24H34N2O3. The molecule has 5 heteroatoms. The number of amides is 1. The molecule has 0 bridgehead atoms. The van der Waals surface area contributed by atoms with E-state index in [9.17, 15) is 4.79 Å². The quantitative estimate of drug-likeness (QED) is 0.414. The molecule has 0 aromatic heterocycles. The zero-order valence-corrected chi connectivity index (χ0v) is 17.9. The van der Waals surface area contributed by atoms with E-state index in [-0.39, 0.29) is 18.6 Å². The second-order valence-corrected chi connectivity index (χ2v) is 7.20. The minimum atomic E-state index is -0.0989. The van der Waals surface area contributed by atoms with Crippen molar-refractivity contribution in [3.63, 3.8) is 0 Å². The van der Waals surface area contributed by atoms with Crippen molar-refractivity contribution in [2.75, 3.05) is 23.8 Å². The number of carbonyl (C=O) groups excluding carboxylic acids is 1. The van der Waals surface area contributed by atoms with Gasteiger partial charge in [0.2, 0.25) is 5.91 Å². The third-order valence-corrected chi connectivity index (χ3v) is 4.62. The first-order valence-electron chi connectivity index (χ1n) is 10.6. The Morgan fingerprint density at radius 2 is 1.55 bits per heavy atom. The molecule has 0 aliphatic heterocycles. The summed E-state index contributed by atoms with van der Waals surface area (Å²) in [6.07, 6.45) is 5.90. The molecule has 2 aromatic carbocycles. The van der Waals surface area contributed by atoms with E-state index in [0.717, 1.165) is 42.3 Å². The van der Waals surface area contributed by atoms with Gasteiger partial charge in [-0.15, -0.1) is 0 Å². The van der Waals surface area contributed by atoms with Gasteiger partial charge in [0.15, 0.2) is 0 Å². The van der Waals surface area contributed by atoms with E-state index in [2.05, 4.69) is 24.5 Å². The van der Waals surface area contributed by atoms with Crippen LogP contribution in [-0.4, -0.2) is 25.2 Å². The van der Waals surface area contributed by atoms with Crippen LogP contribution in [0.2, 0.25) is 0 Å². The zero-order chi connectivity index (χ0) is 20.9. The Labute approximate surface area is 174 Å². The van der Waals surface area contributed by atoms with Gasteiger partial charge in [-0.3, -0.25) is 4.79 Å². The highest BCUT2D eigenvalue weighted by atomic mass is 16.5. The van der Waals surface area contributed by atoms with Crippen molar-refractivity contribution in [2.45, 2.75) is 59.0 Å². The highest BCUT2D eigenvalue weighted by Gasteiger charge is 2.04. The molecule has 0 spiro atoms. The van der Waals surface area contributed by atoms with E-state index in [1.54, 1.807) is 0 Å². The average Bonchev–Trinajstić information content (AvgIpc) is 2.74. The van der Waals surface area contributed by atoms with Crippen LogP contribution in [0.5, 0.6) is 11.5 Å². The lowest BCUT2D eigenvalue weighted by atomic mass is 10.2. The third-order valence-electron chi connectivity index (χ3n) is 4.62. The molecule has 2 N–H and O–H groups in total. The van der Waals surface area contributed by atoms with E-state index >= 15 is 0 Å². The maximum Gasteiger partial charge on any atom is 0.243 e. The lowest BCUT2D eigenvalue weighted by Gasteiger charge is -2.13. The Bertz CT molecular complexity index is 714. The SMILES string of the molecule is CCCCCCOc1ccc(NC(=O)CNc2ccc(OC(C)CC)cc2)cc1. The van der Waals surface area contributed by atoms with Crippen molar-refractivity contribution in [3.05, 3.63) is 48.5 Å². The fourth-order valence-electron chi connectivity index (χ4n) is 2.71. The van der Waals surface area contributed by atoms with Gasteiger partial charge in [-0.25, -0.2) is 0 Å². The predicted octanol–water partition coefficient (Wildman–Crippen LogP) is 5.87. The lowest BCUT2D eigenvalue weighted by molar-refractivity contribution is -0.114. The molecule has 29 heavy (non-hydrogen) atoms. The summed E-state index contributed by atoms with van der Waals surface area (Å²) in [5.41, 5.74) is 1.64. The molecule has 2 rings (SSSR count). The monoisotopic (exact) mass is 398 g/mol. The number of hydrogen-bond acceptors (Lipinski definition) is 4. The van der Waals surface area contributed by atoms with Crippen LogP contribution in [0.4, 0.5) is 11.4 Å². The molecular weight excluding hydrogens is 364 g/mol. The van der Waals surface area contributed by atoms with E-state index in [4.69, 9.17) is 9.47 Å². The summed E-state index contributed by atoms with van der Waals surface area (Å²) < 4.78 is 11.5. The molecule has 0 saturated carbocycles. The number of hydrogen-bond donors (Lipinski definition) is 2. The first-order valence-corrected chi connectivity index (χ1v) is 10.6. The zero-order valence-electron chi connectivity index (χ0n) is 17.9. The maximum absolute atomic E-state index is 12.2. The lowest BCUT2D eigenvalue weighted by Crippen LogP contribution is -2.21. The molecule has 0 saturated heterocycles. The predicted molar refractivity (Wildman–Crippen MR) is 120 cm³/mol. The second kappa shape index (κ2) is 12.7. The average molecular weight is 399 g/mol. The van der Waals surface area contributed by atoms with Crippen LogP contribution in [0.15, 0.2) is 48.5 Å². The van der Waals surface area contributed by atoms with E-state index in [1.165, 1.54) is 19.3 Å². The van der Waals surface area contributed by atoms with Gasteiger partial charge >= 0.3 is 0 Å². The molecule has 0 radical (unpaired) electrons. The summed E-state index contributed by atoms with van der Waals surface area (Å²) in [6.45, 7) is 7.26. The van der Waals surface area contributed by atoms with Crippen LogP contribution in [0.1, 0.15) is 52.9 Å². The molecule has 1 unspecified atom stereocenters. The summed E-state index contributed by atoms with van der Waals surface area (Å²) in [5, 5.41) is 6.01. The van der Waals surface area contributed by atoms with E-state index < -0.39 is 0 Å². The number of nitrogens with one attached hydrogen (secondary N) is 2. The smallest absolute Gasteiger partial charge is 0.243 e. The molecule has 0 fully saturated rings. The van der Waals surface area contributed by atoms with Crippen molar-refractivity contribution in [2.24, 2.45) is 0 Å². The van der Waals surface area contributed by atoms with E-state index in [1.807, 2.05) is 55.5 Å². The number of unbranched alkanes of at least 4 members (excludes halogenated alkanes) is 3. The fourth-order valence-corrected chi connectivity index (χ4v) is 2.71. The van der Waals surface area contributed by atoms with Crippen LogP contribution in [0.25, 0.3) is 0 Å². The Balaban J connectivity index is 1.70. The van der Waals surface area contributed by atoms with Crippen molar-refractivity contribution in [3.8, 4) is 11.5 Å². The van der Waals surface area contributed by atoms with Gasteiger partial charge in [-0.1, -0.05) is 33.1 Å². The first kappa shape index (κ1) is 22.6. The molecule has 2 aromatic rings. The number of carbonyl (C=O) groups is 1. The van der Waals surface area contributed by atoms with Crippen molar-refractivity contribution < 1.29 is 14.3 Å². The molecule has 0 aliphatic rings. The number of anilines is 2. The normalized spacial score (nSPS) is 11.6. The van der Waals surface area contributed by atoms with Crippen LogP contribution in [0, 0.1) is 0 Å². The van der Waals surface area contributed by atoms with Crippen molar-refractivity contribution in [1.29, 1.82) is 0 Å². The number of rotatable bonds is 13. The largest absolute Gasteiger partial charge is 0.494 e. The standard InChI is InChI=1S/C24H34N2O3/c1-4-6-7-8-17-28-22-13-11-21(12-14-22)26-24(27)18-25-20-9-15-23(16-10-20)29-19(3)5-2/h9-16,19,25H,4-8,17-18H2,1-3H3,(H,26,27). The second-order valence-electron chi connectivity index (χ2n) is 7.20. The van der Waals surface area contributed by atoms with Gasteiger partial charge in [-0.2, -0.15) is 0 Å². The van der Waals surface area contributed by atoms with Gasteiger partial charge in [-0.05, 0) is 68.3 Å². The van der Waals surface area contributed by atoms with Gasteiger partial charge in [0.1, 0.15) is 11.5 Å². The summed E-state index contributed by atoms with van der Waals surface area (Å²) in [7, 11) is 0. The Kier molecular flexibility index (Phi) is 9.90. The third kappa shape index (κ3) is 8.90. The molecule has 1 atom stereocenters. The summed E-state index contributed by atoms with van der Waals surface area (Å²) in [5.74, 6) is 1.57. The topological polar surface area (TPSA) is 59.6 Å². The Morgan fingerprint density at radius 3 is 2.21 bits per heavy atom. The Morgan fingerprint density at radius 1 is 0.897 bits per heavy atom. The minimum Gasteiger partial charge on any atom is -0.494 e. The minimum absolute atomic E-state index is 0.0989. The Hall–Kier alpha value is -2.69.